The lowest BCUT2D eigenvalue weighted by atomic mass is 10.3. The number of anilines is 1. The van der Waals surface area contributed by atoms with Crippen LogP contribution in [0.1, 0.15) is 36.2 Å². The van der Waals surface area contributed by atoms with Gasteiger partial charge in [0.1, 0.15) is 10.8 Å². The van der Waals surface area contributed by atoms with Gasteiger partial charge in [0.2, 0.25) is 0 Å². The van der Waals surface area contributed by atoms with Gasteiger partial charge in [-0.2, -0.15) is 0 Å². The number of aryl methyl sites for hydroxylation is 1. The van der Waals surface area contributed by atoms with Crippen LogP contribution in [0.5, 0.6) is 0 Å². The average molecular weight is 361 g/mol. The molecule has 0 spiro atoms. The van der Waals surface area contributed by atoms with Crippen molar-refractivity contribution in [3.05, 3.63) is 40.0 Å². The Labute approximate surface area is 154 Å². The quantitative estimate of drug-likeness (QED) is 0.560. The molecule has 2 aromatic rings. The van der Waals surface area contributed by atoms with Crippen molar-refractivity contribution in [2.24, 2.45) is 4.99 Å². The minimum Gasteiger partial charge on any atom is -0.357 e. The van der Waals surface area contributed by atoms with Crippen molar-refractivity contribution in [3.63, 3.8) is 0 Å². The monoisotopic (exact) mass is 360 g/mol. The van der Waals surface area contributed by atoms with Crippen molar-refractivity contribution < 1.29 is 0 Å². The van der Waals surface area contributed by atoms with E-state index in [9.17, 15) is 0 Å². The lowest BCUT2D eigenvalue weighted by Gasteiger charge is -2.19. The lowest BCUT2D eigenvalue weighted by Crippen LogP contribution is -2.36. The van der Waals surface area contributed by atoms with Gasteiger partial charge in [-0.15, -0.1) is 11.3 Å². The number of nitrogens with one attached hydrogen (secondary N) is 2. The SMILES string of the molecule is CCNC(=NCc1ccc(N(CC)CC)nc1)NCc1ncc(C)s1. The van der Waals surface area contributed by atoms with Crippen LogP contribution in [-0.2, 0) is 13.1 Å². The zero-order valence-electron chi connectivity index (χ0n) is 15.5. The molecule has 0 saturated carbocycles. The fourth-order valence-electron chi connectivity index (χ4n) is 2.40. The fraction of sp³-hybridized carbons (Fsp3) is 0.500. The van der Waals surface area contributed by atoms with E-state index in [1.807, 2.05) is 12.4 Å². The van der Waals surface area contributed by atoms with E-state index >= 15 is 0 Å². The molecule has 2 rings (SSSR count). The summed E-state index contributed by atoms with van der Waals surface area (Å²) in [5.74, 6) is 1.81. The highest BCUT2D eigenvalue weighted by molar-refractivity contribution is 7.11. The summed E-state index contributed by atoms with van der Waals surface area (Å²) < 4.78 is 0. The van der Waals surface area contributed by atoms with E-state index in [0.29, 0.717) is 13.1 Å². The van der Waals surface area contributed by atoms with E-state index in [4.69, 9.17) is 0 Å². The summed E-state index contributed by atoms with van der Waals surface area (Å²) in [5.41, 5.74) is 1.10. The van der Waals surface area contributed by atoms with Crippen LogP contribution in [0.15, 0.2) is 29.5 Å². The van der Waals surface area contributed by atoms with Gasteiger partial charge in [-0.3, -0.25) is 0 Å². The molecule has 2 heterocycles. The number of pyridine rings is 1. The summed E-state index contributed by atoms with van der Waals surface area (Å²) in [7, 11) is 0. The minimum atomic E-state index is 0.595. The molecule has 0 unspecified atom stereocenters. The van der Waals surface area contributed by atoms with Crippen LogP contribution in [-0.4, -0.2) is 35.6 Å². The van der Waals surface area contributed by atoms with Crippen molar-refractivity contribution in [3.8, 4) is 0 Å². The Morgan fingerprint density at radius 3 is 2.48 bits per heavy atom. The van der Waals surface area contributed by atoms with E-state index in [2.05, 4.69) is 70.3 Å². The number of guanidine groups is 1. The molecule has 25 heavy (non-hydrogen) atoms. The van der Waals surface area contributed by atoms with E-state index in [1.54, 1.807) is 11.3 Å². The van der Waals surface area contributed by atoms with Crippen LogP contribution in [0.25, 0.3) is 0 Å². The smallest absolute Gasteiger partial charge is 0.191 e. The highest BCUT2D eigenvalue weighted by atomic mass is 32.1. The van der Waals surface area contributed by atoms with Crippen LogP contribution < -0.4 is 15.5 Å². The number of thiazole rings is 1. The third kappa shape index (κ3) is 6.01. The second kappa shape index (κ2) is 9.98. The maximum Gasteiger partial charge on any atom is 0.191 e. The second-order valence-corrected chi connectivity index (χ2v) is 6.93. The van der Waals surface area contributed by atoms with Gasteiger partial charge in [0.15, 0.2) is 5.96 Å². The minimum absolute atomic E-state index is 0.595. The predicted molar refractivity (Wildman–Crippen MR) is 106 cm³/mol. The van der Waals surface area contributed by atoms with Crippen LogP contribution in [0.4, 0.5) is 5.82 Å². The normalized spacial score (nSPS) is 11.4. The number of hydrogen-bond acceptors (Lipinski definition) is 5. The van der Waals surface area contributed by atoms with Crippen molar-refractivity contribution in [1.82, 2.24) is 20.6 Å². The molecule has 6 nitrogen and oxygen atoms in total. The first-order valence-corrected chi connectivity index (χ1v) is 9.61. The number of aromatic nitrogens is 2. The first kappa shape index (κ1) is 19.2. The Morgan fingerprint density at radius 1 is 1.12 bits per heavy atom. The van der Waals surface area contributed by atoms with Crippen LogP contribution in [0, 0.1) is 6.92 Å². The Morgan fingerprint density at radius 2 is 1.92 bits per heavy atom. The lowest BCUT2D eigenvalue weighted by molar-refractivity contribution is 0.810. The molecule has 0 amide bonds. The van der Waals surface area contributed by atoms with E-state index < -0.39 is 0 Å². The molecule has 0 aliphatic rings. The summed E-state index contributed by atoms with van der Waals surface area (Å²) in [6.45, 7) is 12.4. The maximum absolute atomic E-state index is 4.64. The highest BCUT2D eigenvalue weighted by Gasteiger charge is 2.04. The largest absolute Gasteiger partial charge is 0.357 e. The third-order valence-corrected chi connectivity index (χ3v) is 4.65. The van der Waals surface area contributed by atoms with Crippen molar-refractivity contribution in [1.29, 1.82) is 0 Å². The first-order valence-electron chi connectivity index (χ1n) is 8.79. The van der Waals surface area contributed by atoms with Gasteiger partial charge < -0.3 is 15.5 Å². The fourth-order valence-corrected chi connectivity index (χ4v) is 3.13. The Balaban J connectivity index is 1.95. The number of nitrogens with zero attached hydrogens (tertiary/aromatic N) is 4. The molecular weight excluding hydrogens is 332 g/mol. The molecular formula is C18H28N6S. The second-order valence-electron chi connectivity index (χ2n) is 5.61. The van der Waals surface area contributed by atoms with Crippen LogP contribution in [0.2, 0.25) is 0 Å². The van der Waals surface area contributed by atoms with E-state index in [-0.39, 0.29) is 0 Å². The topological polar surface area (TPSA) is 65.4 Å². The average Bonchev–Trinajstić information content (AvgIpc) is 3.05. The molecule has 0 saturated heterocycles. The Kier molecular flexibility index (Phi) is 7.66. The summed E-state index contributed by atoms with van der Waals surface area (Å²) in [6.07, 6.45) is 3.81. The molecule has 0 radical (unpaired) electrons. The van der Waals surface area contributed by atoms with Gasteiger partial charge >= 0.3 is 0 Å². The van der Waals surface area contributed by atoms with Gasteiger partial charge in [0.25, 0.3) is 0 Å². The van der Waals surface area contributed by atoms with E-state index in [0.717, 1.165) is 42.0 Å². The Hall–Kier alpha value is -2.15. The summed E-state index contributed by atoms with van der Waals surface area (Å²) in [4.78, 5) is 17.0. The maximum atomic E-state index is 4.64. The van der Waals surface area contributed by atoms with Crippen molar-refractivity contribution in [2.75, 3.05) is 24.5 Å². The van der Waals surface area contributed by atoms with Gasteiger partial charge in [0.05, 0.1) is 13.1 Å². The number of rotatable bonds is 8. The van der Waals surface area contributed by atoms with Crippen LogP contribution in [0.3, 0.4) is 0 Å². The zero-order valence-corrected chi connectivity index (χ0v) is 16.4. The Bertz CT molecular complexity index is 660. The number of hydrogen-bond donors (Lipinski definition) is 2. The summed E-state index contributed by atoms with van der Waals surface area (Å²) in [5, 5.41) is 7.65. The highest BCUT2D eigenvalue weighted by Crippen LogP contribution is 2.12. The molecule has 0 fully saturated rings. The summed E-state index contributed by atoms with van der Waals surface area (Å²) >= 11 is 1.70. The van der Waals surface area contributed by atoms with Crippen LogP contribution >= 0.6 is 11.3 Å². The molecule has 0 aliphatic heterocycles. The molecule has 2 aromatic heterocycles. The molecule has 0 aliphatic carbocycles. The third-order valence-electron chi connectivity index (χ3n) is 3.74. The molecule has 0 bridgehead atoms. The van der Waals surface area contributed by atoms with Gasteiger partial charge in [-0.05, 0) is 39.3 Å². The van der Waals surface area contributed by atoms with Crippen molar-refractivity contribution in [2.45, 2.75) is 40.8 Å². The van der Waals surface area contributed by atoms with Crippen molar-refractivity contribution >= 4 is 23.1 Å². The van der Waals surface area contributed by atoms with E-state index in [1.165, 1.54) is 4.88 Å². The van der Waals surface area contributed by atoms with Gasteiger partial charge in [0, 0.05) is 36.9 Å². The summed E-state index contributed by atoms with van der Waals surface area (Å²) in [6, 6.07) is 4.16. The molecule has 136 valence electrons. The molecule has 7 heteroatoms. The number of aliphatic imine (C=N–C) groups is 1. The van der Waals surface area contributed by atoms with Gasteiger partial charge in [-0.25, -0.2) is 15.0 Å². The standard InChI is InChI=1S/C18H28N6S/c1-5-19-18(23-13-17-21-10-14(4)25-17)22-12-15-8-9-16(20-11-15)24(6-2)7-3/h8-11H,5-7,12-13H2,1-4H3,(H2,19,22,23). The first-order chi connectivity index (χ1) is 12.2. The zero-order chi connectivity index (χ0) is 18.1. The van der Waals surface area contributed by atoms with Gasteiger partial charge in [-0.1, -0.05) is 6.07 Å². The molecule has 0 aromatic carbocycles. The predicted octanol–water partition coefficient (Wildman–Crippen LogP) is 2.95. The molecule has 0 atom stereocenters. The molecule has 2 N–H and O–H groups in total.